The molecule has 2 heterocycles. The van der Waals surface area contributed by atoms with Crippen molar-refractivity contribution in [1.29, 1.82) is 0 Å². The van der Waals surface area contributed by atoms with Gasteiger partial charge in [0.25, 0.3) is 0 Å². The van der Waals surface area contributed by atoms with Gasteiger partial charge in [-0.15, -0.1) is 0 Å². The van der Waals surface area contributed by atoms with Gasteiger partial charge in [0.05, 0.1) is 5.56 Å². The van der Waals surface area contributed by atoms with Gasteiger partial charge in [-0.05, 0) is 53.8 Å². The molecule has 0 bridgehead atoms. The van der Waals surface area contributed by atoms with Crippen LogP contribution in [0.1, 0.15) is 49.9 Å². The summed E-state index contributed by atoms with van der Waals surface area (Å²) >= 11 is 0. The van der Waals surface area contributed by atoms with Crippen LogP contribution in [0.2, 0.25) is 0 Å². The molecule has 0 saturated carbocycles. The molecular formula is C27H27FNO2+. The van der Waals surface area contributed by atoms with Crippen LogP contribution in [0, 0.1) is 5.82 Å². The van der Waals surface area contributed by atoms with E-state index in [1.807, 2.05) is 18.2 Å². The highest BCUT2D eigenvalue weighted by molar-refractivity contribution is 6.12. The van der Waals surface area contributed by atoms with Gasteiger partial charge in [-0.3, -0.25) is 0 Å². The number of hydrogen-bond donors (Lipinski definition) is 0. The number of hydrogen-bond acceptors (Lipinski definition) is 2. The number of para-hydroxylation sites is 1. The van der Waals surface area contributed by atoms with E-state index in [-0.39, 0.29) is 24.1 Å². The fourth-order valence-corrected chi connectivity index (χ4v) is 4.56. The molecule has 1 atom stereocenters. The summed E-state index contributed by atoms with van der Waals surface area (Å²) in [5.41, 5.74) is 6.24. The number of rotatable bonds is 2. The van der Waals surface area contributed by atoms with Crippen molar-refractivity contribution in [2.45, 2.75) is 45.6 Å². The third-order valence-corrected chi connectivity index (χ3v) is 6.19. The van der Waals surface area contributed by atoms with Crippen molar-refractivity contribution in [2.75, 3.05) is 6.79 Å². The molecule has 158 valence electrons. The van der Waals surface area contributed by atoms with Crippen molar-refractivity contribution >= 4 is 11.4 Å². The zero-order chi connectivity index (χ0) is 21.8. The van der Waals surface area contributed by atoms with Crippen LogP contribution in [0.3, 0.4) is 0 Å². The molecule has 0 radical (unpaired) electrons. The second kappa shape index (κ2) is 7.23. The van der Waals surface area contributed by atoms with Gasteiger partial charge >= 0.3 is 0 Å². The van der Waals surface area contributed by atoms with Crippen molar-refractivity contribution in [3.05, 3.63) is 88.7 Å². The fraction of sp³-hybridized carbons (Fsp3) is 0.296. The minimum absolute atomic E-state index is 0.0676. The van der Waals surface area contributed by atoms with E-state index in [9.17, 15) is 4.39 Å². The monoisotopic (exact) mass is 416 g/mol. The Bertz CT molecular complexity index is 1190. The lowest BCUT2D eigenvalue weighted by Gasteiger charge is -2.24. The standard InChI is InChI=1S/C27H27FNO2/c1-17-13-19-14-24-25(31-16-30-24)15-21(19)26(29(17)23-8-6-5-7-22(23)28)18-9-11-20(12-10-18)27(2,3)4/h5-12,14-15,17H,13,16H2,1-4H3/q+1. The van der Waals surface area contributed by atoms with E-state index in [0.29, 0.717) is 5.69 Å². The molecule has 3 aromatic carbocycles. The van der Waals surface area contributed by atoms with Gasteiger partial charge in [0.2, 0.25) is 18.2 Å². The average Bonchev–Trinajstić information content (AvgIpc) is 3.19. The van der Waals surface area contributed by atoms with Crippen LogP contribution in [0.4, 0.5) is 10.1 Å². The molecule has 31 heavy (non-hydrogen) atoms. The van der Waals surface area contributed by atoms with E-state index >= 15 is 0 Å². The topological polar surface area (TPSA) is 21.5 Å². The lowest BCUT2D eigenvalue weighted by atomic mass is 9.84. The maximum absolute atomic E-state index is 15.0. The van der Waals surface area contributed by atoms with Crippen molar-refractivity contribution in [1.82, 2.24) is 0 Å². The molecular weight excluding hydrogens is 389 g/mol. The number of fused-ring (bicyclic) bond motifs is 2. The number of benzene rings is 3. The molecule has 2 aliphatic heterocycles. The zero-order valence-electron chi connectivity index (χ0n) is 18.4. The summed E-state index contributed by atoms with van der Waals surface area (Å²) in [5.74, 6) is 1.31. The number of ether oxygens (including phenoxy) is 2. The smallest absolute Gasteiger partial charge is 0.242 e. The van der Waals surface area contributed by atoms with Crippen molar-refractivity contribution < 1.29 is 18.4 Å². The van der Waals surface area contributed by atoms with Crippen LogP contribution in [0.15, 0.2) is 60.7 Å². The molecule has 0 N–H and O–H groups in total. The molecule has 1 unspecified atom stereocenters. The Balaban J connectivity index is 1.78. The zero-order valence-corrected chi connectivity index (χ0v) is 18.4. The van der Waals surface area contributed by atoms with E-state index in [1.165, 1.54) is 17.2 Å². The van der Waals surface area contributed by atoms with Gasteiger partial charge in [0, 0.05) is 18.1 Å². The minimum Gasteiger partial charge on any atom is -0.454 e. The van der Waals surface area contributed by atoms with Crippen LogP contribution in [-0.4, -0.2) is 23.1 Å². The summed E-state index contributed by atoms with van der Waals surface area (Å²) in [7, 11) is 0. The largest absolute Gasteiger partial charge is 0.454 e. The van der Waals surface area contributed by atoms with E-state index in [0.717, 1.165) is 34.8 Å². The summed E-state index contributed by atoms with van der Waals surface area (Å²) in [6.45, 7) is 9.00. The highest BCUT2D eigenvalue weighted by atomic mass is 19.1. The molecule has 4 heteroatoms. The first kappa shape index (κ1) is 19.8. The summed E-state index contributed by atoms with van der Waals surface area (Å²) < 4.78 is 28.4. The maximum atomic E-state index is 15.0. The Morgan fingerprint density at radius 1 is 0.935 bits per heavy atom. The predicted octanol–water partition coefficient (Wildman–Crippen LogP) is 5.98. The van der Waals surface area contributed by atoms with Gasteiger partial charge in [0.1, 0.15) is 0 Å². The fourth-order valence-electron chi connectivity index (χ4n) is 4.56. The van der Waals surface area contributed by atoms with Gasteiger partial charge in [-0.1, -0.05) is 45.0 Å². The quantitative estimate of drug-likeness (QED) is 0.480. The molecule has 0 amide bonds. The highest BCUT2D eigenvalue weighted by Gasteiger charge is 2.37. The second-order valence-corrected chi connectivity index (χ2v) is 9.41. The highest BCUT2D eigenvalue weighted by Crippen LogP contribution is 2.39. The lowest BCUT2D eigenvalue weighted by Crippen LogP contribution is -2.35. The van der Waals surface area contributed by atoms with Crippen LogP contribution in [-0.2, 0) is 11.8 Å². The molecule has 0 spiro atoms. The van der Waals surface area contributed by atoms with E-state index < -0.39 is 0 Å². The maximum Gasteiger partial charge on any atom is 0.242 e. The molecule has 0 fully saturated rings. The summed E-state index contributed by atoms with van der Waals surface area (Å²) in [5, 5.41) is 0. The van der Waals surface area contributed by atoms with Crippen LogP contribution < -0.4 is 9.47 Å². The Kier molecular flexibility index (Phi) is 4.62. The van der Waals surface area contributed by atoms with E-state index in [4.69, 9.17) is 9.47 Å². The third kappa shape index (κ3) is 3.40. The Labute approximate surface area is 182 Å². The molecule has 3 aromatic rings. The van der Waals surface area contributed by atoms with Crippen LogP contribution in [0.5, 0.6) is 11.5 Å². The average molecular weight is 417 g/mol. The van der Waals surface area contributed by atoms with Crippen LogP contribution in [0.25, 0.3) is 0 Å². The third-order valence-electron chi connectivity index (χ3n) is 6.19. The van der Waals surface area contributed by atoms with Crippen LogP contribution >= 0.6 is 0 Å². The molecule has 5 rings (SSSR count). The lowest BCUT2D eigenvalue weighted by molar-refractivity contribution is -0.483. The molecule has 2 aliphatic rings. The normalized spacial score (nSPS) is 17.6. The Morgan fingerprint density at radius 3 is 2.29 bits per heavy atom. The van der Waals surface area contributed by atoms with Crippen molar-refractivity contribution in [2.24, 2.45) is 0 Å². The summed E-state index contributed by atoms with van der Waals surface area (Å²) in [6.07, 6.45) is 0.796. The Hall–Kier alpha value is -3.14. The number of halogens is 1. The van der Waals surface area contributed by atoms with Gasteiger partial charge < -0.3 is 9.47 Å². The first-order valence-electron chi connectivity index (χ1n) is 10.8. The minimum atomic E-state index is -0.220. The SMILES string of the molecule is CC1Cc2cc3c(cc2C(c2ccc(C(C)(C)C)cc2)=[N+]1c1ccccc1F)OCO3. The molecule has 0 aromatic heterocycles. The van der Waals surface area contributed by atoms with Gasteiger partial charge in [0.15, 0.2) is 23.4 Å². The molecule has 0 saturated heterocycles. The summed E-state index contributed by atoms with van der Waals surface area (Å²) in [4.78, 5) is 0. The van der Waals surface area contributed by atoms with E-state index in [1.54, 1.807) is 6.07 Å². The Morgan fingerprint density at radius 2 is 1.61 bits per heavy atom. The first-order valence-corrected chi connectivity index (χ1v) is 10.8. The van der Waals surface area contributed by atoms with Crippen molar-refractivity contribution in [3.63, 3.8) is 0 Å². The second-order valence-electron chi connectivity index (χ2n) is 9.41. The molecule has 0 aliphatic carbocycles. The number of nitrogens with zero attached hydrogens (tertiary/aromatic N) is 1. The predicted molar refractivity (Wildman–Crippen MR) is 120 cm³/mol. The summed E-state index contributed by atoms with van der Waals surface area (Å²) in [6, 6.07) is 19.9. The first-order chi connectivity index (χ1) is 14.8. The van der Waals surface area contributed by atoms with Gasteiger partial charge in [-0.25, -0.2) is 0 Å². The van der Waals surface area contributed by atoms with Gasteiger partial charge in [-0.2, -0.15) is 8.97 Å². The molecule has 3 nitrogen and oxygen atoms in total. The van der Waals surface area contributed by atoms with Crippen molar-refractivity contribution in [3.8, 4) is 11.5 Å². The van der Waals surface area contributed by atoms with E-state index in [2.05, 4.69) is 62.6 Å².